The largest absolute Gasteiger partial charge is 0.462 e. The summed E-state index contributed by atoms with van der Waals surface area (Å²) in [7, 11) is 0. The van der Waals surface area contributed by atoms with E-state index < -0.39 is 6.10 Å². The molecule has 0 bridgehead atoms. The molecular weight excluding hydrogens is 488 g/mol. The van der Waals surface area contributed by atoms with Gasteiger partial charge in [0.15, 0.2) is 0 Å². The van der Waals surface area contributed by atoms with Crippen molar-refractivity contribution in [2.24, 2.45) is 56.7 Å². The van der Waals surface area contributed by atoms with Gasteiger partial charge in [-0.05, 0) is 104 Å². The standard InChI is InChI=1S/C34H54O5/c1-19(2)22-13-15-32(8)27(39-21(4)36)18-33(9)23(28(22)32)11-12-25-31(7)16-14-26(38-20(3)35)30(5,6)29(31)24(37)17-34(25,33)10/h22-29,37H,1,11-18H2,2-10H3/t22-,23+,24+,25+,26-,27-,28+,29-,31+,32+,33+,34+/m0/s1. The molecule has 0 amide bonds. The molecule has 0 aromatic carbocycles. The number of hydrogen-bond acceptors (Lipinski definition) is 5. The second-order valence-corrected chi connectivity index (χ2v) is 16.1. The molecule has 0 heterocycles. The van der Waals surface area contributed by atoms with Crippen LogP contribution in [0.25, 0.3) is 0 Å². The van der Waals surface area contributed by atoms with Crippen LogP contribution in [0.1, 0.15) is 114 Å². The van der Waals surface area contributed by atoms with Gasteiger partial charge in [-0.15, -0.1) is 0 Å². The molecule has 0 radical (unpaired) electrons. The highest BCUT2D eigenvalue weighted by Gasteiger charge is 2.74. The smallest absolute Gasteiger partial charge is 0.302 e. The predicted molar refractivity (Wildman–Crippen MR) is 153 cm³/mol. The molecule has 1 N–H and O–H groups in total. The van der Waals surface area contributed by atoms with E-state index in [2.05, 4.69) is 55.0 Å². The monoisotopic (exact) mass is 542 g/mol. The number of rotatable bonds is 3. The second kappa shape index (κ2) is 9.07. The minimum Gasteiger partial charge on any atom is -0.462 e. The lowest BCUT2D eigenvalue weighted by atomic mass is 9.31. The van der Waals surface area contributed by atoms with Gasteiger partial charge in [0.25, 0.3) is 0 Å². The van der Waals surface area contributed by atoms with Crippen LogP contribution in [0.15, 0.2) is 12.2 Å². The van der Waals surface area contributed by atoms with E-state index in [1.54, 1.807) is 6.92 Å². The van der Waals surface area contributed by atoms with E-state index in [4.69, 9.17) is 9.47 Å². The topological polar surface area (TPSA) is 72.8 Å². The first-order chi connectivity index (χ1) is 17.9. The molecule has 5 aliphatic rings. The van der Waals surface area contributed by atoms with Crippen LogP contribution in [0.2, 0.25) is 0 Å². The molecule has 0 aromatic rings. The van der Waals surface area contributed by atoms with Crippen LogP contribution < -0.4 is 0 Å². The quantitative estimate of drug-likeness (QED) is 0.304. The third-order valence-electron chi connectivity index (χ3n) is 14.0. The Morgan fingerprint density at radius 2 is 1.36 bits per heavy atom. The summed E-state index contributed by atoms with van der Waals surface area (Å²) in [6.07, 6.45) is 7.20. The molecule has 0 saturated heterocycles. The normalized spacial score (nSPS) is 51.9. The van der Waals surface area contributed by atoms with Crippen molar-refractivity contribution in [2.75, 3.05) is 0 Å². The molecule has 0 spiro atoms. The fraction of sp³-hybridized carbons (Fsp3) is 0.882. The van der Waals surface area contributed by atoms with Gasteiger partial charge in [-0.25, -0.2) is 0 Å². The summed E-state index contributed by atoms with van der Waals surface area (Å²) in [6, 6.07) is 0. The van der Waals surface area contributed by atoms with Crippen molar-refractivity contribution in [1.29, 1.82) is 0 Å². The molecule has 5 saturated carbocycles. The number of carbonyl (C=O) groups excluding carboxylic acids is 2. The number of ether oxygens (including phenoxy) is 2. The Labute approximate surface area is 236 Å². The summed E-state index contributed by atoms with van der Waals surface area (Å²) in [6.45, 7) is 23.9. The Bertz CT molecular complexity index is 1050. The van der Waals surface area contributed by atoms with Crippen LogP contribution >= 0.6 is 0 Å². The fourth-order valence-corrected chi connectivity index (χ4v) is 12.4. The molecule has 5 heteroatoms. The summed E-state index contributed by atoms with van der Waals surface area (Å²) in [5.74, 6) is 1.50. The van der Waals surface area contributed by atoms with Gasteiger partial charge in [-0.3, -0.25) is 9.59 Å². The Kier molecular flexibility index (Phi) is 6.78. The molecule has 0 aliphatic heterocycles. The van der Waals surface area contributed by atoms with Crippen LogP contribution in [-0.2, 0) is 19.1 Å². The van der Waals surface area contributed by atoms with Gasteiger partial charge in [-0.1, -0.05) is 53.7 Å². The van der Waals surface area contributed by atoms with Gasteiger partial charge < -0.3 is 14.6 Å². The van der Waals surface area contributed by atoms with Crippen molar-refractivity contribution in [3.05, 3.63) is 12.2 Å². The number of carbonyl (C=O) groups is 2. The van der Waals surface area contributed by atoms with E-state index in [-0.39, 0.29) is 57.1 Å². The Morgan fingerprint density at radius 1 is 0.769 bits per heavy atom. The highest BCUT2D eigenvalue weighted by Crippen LogP contribution is 2.77. The summed E-state index contributed by atoms with van der Waals surface area (Å²) < 4.78 is 12.1. The zero-order chi connectivity index (χ0) is 28.9. The third-order valence-corrected chi connectivity index (χ3v) is 14.0. The van der Waals surface area contributed by atoms with Gasteiger partial charge >= 0.3 is 11.9 Å². The predicted octanol–water partition coefficient (Wildman–Crippen LogP) is 7.11. The lowest BCUT2D eigenvalue weighted by Gasteiger charge is -2.74. The fourth-order valence-electron chi connectivity index (χ4n) is 12.4. The van der Waals surface area contributed by atoms with Crippen molar-refractivity contribution in [3.8, 4) is 0 Å². The number of aliphatic hydroxyl groups excluding tert-OH is 1. The molecule has 220 valence electrons. The zero-order valence-electron chi connectivity index (χ0n) is 26.1. The van der Waals surface area contributed by atoms with Crippen LogP contribution in [0.3, 0.4) is 0 Å². The summed E-state index contributed by atoms with van der Waals surface area (Å²) in [5, 5.41) is 12.1. The zero-order valence-corrected chi connectivity index (χ0v) is 26.1. The van der Waals surface area contributed by atoms with Gasteiger partial charge in [0.2, 0.25) is 0 Å². The number of allylic oxidation sites excluding steroid dienone is 1. The number of hydrogen-bond donors (Lipinski definition) is 1. The van der Waals surface area contributed by atoms with Gasteiger partial charge in [0.05, 0.1) is 6.10 Å². The summed E-state index contributed by atoms with van der Waals surface area (Å²) in [5.41, 5.74) is 0.715. The van der Waals surface area contributed by atoms with E-state index in [1.807, 2.05) is 0 Å². The first kappa shape index (κ1) is 29.1. The van der Waals surface area contributed by atoms with E-state index in [9.17, 15) is 14.7 Å². The van der Waals surface area contributed by atoms with Crippen LogP contribution in [-0.4, -0.2) is 35.4 Å². The molecule has 5 aliphatic carbocycles. The maximum Gasteiger partial charge on any atom is 0.302 e. The molecule has 39 heavy (non-hydrogen) atoms. The van der Waals surface area contributed by atoms with Gasteiger partial charge in [-0.2, -0.15) is 0 Å². The maximum atomic E-state index is 12.4. The lowest BCUT2D eigenvalue weighted by molar-refractivity contribution is -0.286. The Balaban J connectivity index is 1.59. The average molecular weight is 543 g/mol. The van der Waals surface area contributed by atoms with Crippen molar-refractivity contribution in [2.45, 2.75) is 132 Å². The lowest BCUT2D eigenvalue weighted by Crippen LogP contribution is -2.71. The highest BCUT2D eigenvalue weighted by atomic mass is 16.5. The van der Waals surface area contributed by atoms with Gasteiger partial charge in [0, 0.05) is 24.7 Å². The summed E-state index contributed by atoms with van der Waals surface area (Å²) >= 11 is 0. The number of aliphatic hydroxyl groups is 1. The van der Waals surface area contributed by atoms with Crippen molar-refractivity contribution in [3.63, 3.8) is 0 Å². The van der Waals surface area contributed by atoms with Crippen molar-refractivity contribution >= 4 is 11.9 Å². The molecule has 5 fully saturated rings. The Morgan fingerprint density at radius 3 is 1.95 bits per heavy atom. The third kappa shape index (κ3) is 3.87. The molecule has 12 atom stereocenters. The summed E-state index contributed by atoms with van der Waals surface area (Å²) in [4.78, 5) is 24.4. The van der Waals surface area contributed by atoms with E-state index >= 15 is 0 Å². The maximum absolute atomic E-state index is 12.4. The van der Waals surface area contributed by atoms with Gasteiger partial charge in [0.1, 0.15) is 12.2 Å². The second-order valence-electron chi connectivity index (χ2n) is 16.1. The molecular formula is C34H54O5. The minimum atomic E-state index is -0.471. The highest BCUT2D eigenvalue weighted by molar-refractivity contribution is 5.66. The van der Waals surface area contributed by atoms with Crippen LogP contribution in [0.5, 0.6) is 0 Å². The first-order valence-corrected chi connectivity index (χ1v) is 15.6. The van der Waals surface area contributed by atoms with Crippen molar-refractivity contribution < 1.29 is 24.2 Å². The molecule has 5 nitrogen and oxygen atoms in total. The first-order valence-electron chi connectivity index (χ1n) is 15.6. The van der Waals surface area contributed by atoms with Crippen LogP contribution in [0.4, 0.5) is 0 Å². The molecule has 0 unspecified atom stereocenters. The van der Waals surface area contributed by atoms with Crippen LogP contribution in [0, 0.1) is 56.7 Å². The molecule has 0 aromatic heterocycles. The minimum absolute atomic E-state index is 0.0353. The Hall–Kier alpha value is -1.36. The van der Waals surface area contributed by atoms with Crippen molar-refractivity contribution in [1.82, 2.24) is 0 Å². The van der Waals surface area contributed by atoms with E-state index in [0.717, 1.165) is 38.5 Å². The number of esters is 2. The van der Waals surface area contributed by atoms with E-state index in [0.29, 0.717) is 23.7 Å². The number of fused-ring (bicyclic) bond motifs is 7. The van der Waals surface area contributed by atoms with E-state index in [1.165, 1.54) is 25.3 Å². The molecule has 5 rings (SSSR count). The average Bonchev–Trinajstić information content (AvgIpc) is 3.14. The SMILES string of the molecule is C=C(C)[C@@H]1CC[C@@]2(C)[C@H]1[C@H]1CC[C@@H]3[C@@]4(C)CC[C@H](OC(C)=O)C(C)(C)[C@@H]4[C@H](O)C[C@@]3(C)[C@]1(C)C[C@@H]2OC(C)=O.